The van der Waals surface area contributed by atoms with Gasteiger partial charge in [0.15, 0.2) is 0 Å². The van der Waals surface area contributed by atoms with Crippen molar-refractivity contribution in [1.82, 2.24) is 4.67 Å². The number of benzene rings is 5. The number of fused-ring (bicyclic) bond motifs is 7. The monoisotopic (exact) mass is 582 g/mol. The molecule has 0 fully saturated rings. The average Bonchev–Trinajstić information content (AvgIpc) is 3.04. The lowest BCUT2D eigenvalue weighted by Gasteiger charge is -2.42. The standard InChI is InChI=1S/C34H37N3PS2/c1-24(2)37(25(3)4)38(40-39-28-16-8-7-9-17-28)35(5)31-22-20-26-14-10-12-18-29(26)33(31)34-30-19-13-11-15-27(30)21-23-32(34)36(38)6/h7-25H,1-6H3/q+1. The second kappa shape index (κ2) is 10.9. The van der Waals surface area contributed by atoms with Crippen LogP contribution in [0.4, 0.5) is 11.4 Å². The Kier molecular flexibility index (Phi) is 7.52. The van der Waals surface area contributed by atoms with Crippen LogP contribution in [0.25, 0.3) is 32.7 Å². The van der Waals surface area contributed by atoms with E-state index < -0.39 is 6.56 Å². The summed E-state index contributed by atoms with van der Waals surface area (Å²) in [5, 5.41) is 5.16. The van der Waals surface area contributed by atoms with Crippen molar-refractivity contribution in [2.24, 2.45) is 0 Å². The van der Waals surface area contributed by atoms with E-state index in [0.29, 0.717) is 12.1 Å². The van der Waals surface area contributed by atoms with Crippen molar-refractivity contribution in [1.29, 1.82) is 0 Å². The van der Waals surface area contributed by atoms with Gasteiger partial charge in [0.25, 0.3) is 0 Å². The zero-order valence-corrected chi connectivity index (χ0v) is 26.6. The van der Waals surface area contributed by atoms with Crippen molar-refractivity contribution in [2.45, 2.75) is 44.7 Å². The van der Waals surface area contributed by atoms with E-state index in [-0.39, 0.29) is 0 Å². The molecule has 0 unspecified atom stereocenters. The van der Waals surface area contributed by atoms with E-state index >= 15 is 0 Å². The summed E-state index contributed by atoms with van der Waals surface area (Å²) in [5.41, 5.74) is 5.25. The Morgan fingerprint density at radius 2 is 1.23 bits per heavy atom. The topological polar surface area (TPSA) is 9.49 Å². The number of anilines is 1. The molecule has 1 aliphatic heterocycles. The molecule has 0 amide bonds. The maximum absolute atomic E-state index is 2.77. The maximum Gasteiger partial charge on any atom is 0.335 e. The SMILES string of the molecule is CC(C)N(C(C)C)[P@]1(SSc2ccccc2)=[N+](C)c2ccc3ccccc3c2-c2c(ccc3ccccc23)N1C. The molecule has 0 aliphatic carbocycles. The van der Waals surface area contributed by atoms with Crippen LogP contribution in [-0.2, 0) is 0 Å². The molecule has 0 radical (unpaired) electrons. The Morgan fingerprint density at radius 1 is 0.675 bits per heavy atom. The third kappa shape index (κ3) is 4.39. The van der Waals surface area contributed by atoms with Crippen LogP contribution in [0.3, 0.4) is 0 Å². The minimum atomic E-state index is -2.24. The number of hydrogen-bond acceptors (Lipinski definition) is 4. The lowest BCUT2D eigenvalue weighted by molar-refractivity contribution is -0.384. The fourth-order valence-corrected chi connectivity index (χ4v) is 17.7. The molecule has 6 heteroatoms. The summed E-state index contributed by atoms with van der Waals surface area (Å²) in [6, 6.07) is 38.6. The fourth-order valence-electron chi connectivity index (χ4n) is 6.28. The van der Waals surface area contributed by atoms with Crippen molar-refractivity contribution in [3.63, 3.8) is 0 Å². The number of nitrogens with zero attached hydrogens (tertiary/aromatic N) is 3. The van der Waals surface area contributed by atoms with Gasteiger partial charge in [-0.25, -0.2) is 4.67 Å². The van der Waals surface area contributed by atoms with Crippen LogP contribution < -0.4 is 4.67 Å². The van der Waals surface area contributed by atoms with Gasteiger partial charge in [0.2, 0.25) is 5.69 Å². The van der Waals surface area contributed by atoms with Crippen LogP contribution >= 0.6 is 27.8 Å². The van der Waals surface area contributed by atoms with Gasteiger partial charge in [-0.05, 0) is 84.3 Å². The second-order valence-corrected chi connectivity index (χ2v) is 18.2. The third-order valence-electron chi connectivity index (χ3n) is 7.88. The molecule has 0 aromatic heterocycles. The Bertz CT molecular complexity index is 1760. The van der Waals surface area contributed by atoms with Crippen molar-refractivity contribution in [2.75, 3.05) is 18.8 Å². The maximum atomic E-state index is 2.77. The molecule has 40 heavy (non-hydrogen) atoms. The minimum absolute atomic E-state index is 0.355. The summed E-state index contributed by atoms with van der Waals surface area (Å²) in [5.74, 6) is 0. The fraction of sp³-hybridized carbons (Fsp3) is 0.235. The van der Waals surface area contributed by atoms with E-state index in [4.69, 9.17) is 0 Å². The molecule has 0 bridgehead atoms. The first-order chi connectivity index (χ1) is 19.3. The molecule has 0 N–H and O–H groups in total. The van der Waals surface area contributed by atoms with Gasteiger partial charge in [-0.15, -0.1) is 0 Å². The van der Waals surface area contributed by atoms with E-state index in [1.807, 2.05) is 21.2 Å². The van der Waals surface area contributed by atoms with Crippen molar-refractivity contribution in [3.8, 4) is 11.1 Å². The van der Waals surface area contributed by atoms with Crippen molar-refractivity contribution in [3.05, 3.63) is 103 Å². The Morgan fingerprint density at radius 3 is 1.85 bits per heavy atom. The second-order valence-electron chi connectivity index (χ2n) is 11.0. The predicted octanol–water partition coefficient (Wildman–Crippen LogP) is 10.9. The quantitative estimate of drug-likeness (QED) is 0.145. The van der Waals surface area contributed by atoms with E-state index in [0.717, 1.165) is 0 Å². The van der Waals surface area contributed by atoms with E-state index in [2.05, 4.69) is 159 Å². The predicted molar refractivity (Wildman–Crippen MR) is 180 cm³/mol. The van der Waals surface area contributed by atoms with E-state index in [1.54, 1.807) is 0 Å². The lowest BCUT2D eigenvalue weighted by atomic mass is 9.91. The normalized spacial score (nSPS) is 17.1. The molecule has 3 nitrogen and oxygen atoms in total. The first-order valence-corrected chi connectivity index (χ1v) is 18.4. The van der Waals surface area contributed by atoms with Crippen molar-refractivity contribution >= 4 is 60.7 Å². The summed E-state index contributed by atoms with van der Waals surface area (Å²) >= 11 is 0. The van der Waals surface area contributed by atoms with E-state index in [1.165, 1.54) is 48.9 Å². The molecule has 5 aromatic rings. The van der Waals surface area contributed by atoms with Gasteiger partial charge in [0.05, 0.1) is 11.3 Å². The molecule has 0 saturated carbocycles. The van der Waals surface area contributed by atoms with Crippen LogP contribution in [0.15, 0.2) is 108 Å². The van der Waals surface area contributed by atoms with Crippen LogP contribution in [0.5, 0.6) is 0 Å². The highest BCUT2D eigenvalue weighted by atomic mass is 33.3. The highest BCUT2D eigenvalue weighted by Gasteiger charge is 2.49. The summed E-state index contributed by atoms with van der Waals surface area (Å²) in [4.78, 5) is 1.28. The molecule has 0 saturated heterocycles. The van der Waals surface area contributed by atoms with Gasteiger partial charge in [-0.1, -0.05) is 72.8 Å². The molecule has 1 atom stereocenters. The molecule has 0 spiro atoms. The molecular weight excluding hydrogens is 546 g/mol. The summed E-state index contributed by atoms with van der Waals surface area (Å²) in [6.45, 7) is 7.16. The summed E-state index contributed by atoms with van der Waals surface area (Å²) in [6.07, 6.45) is 0. The lowest BCUT2D eigenvalue weighted by Crippen LogP contribution is -2.40. The average molecular weight is 583 g/mol. The third-order valence-corrected chi connectivity index (χ3v) is 18.0. The van der Waals surface area contributed by atoms with Crippen LogP contribution in [0.1, 0.15) is 27.7 Å². The Labute approximate surface area is 246 Å². The molecule has 6 rings (SSSR count). The van der Waals surface area contributed by atoms with E-state index in [9.17, 15) is 0 Å². The summed E-state index contributed by atoms with van der Waals surface area (Å²) < 4.78 is 8.06. The first-order valence-electron chi connectivity index (χ1n) is 14.0. The van der Waals surface area contributed by atoms with Gasteiger partial charge < -0.3 is 0 Å². The molecule has 204 valence electrons. The molecule has 5 aromatic carbocycles. The molecular formula is C34H37N3PS2+. The van der Waals surface area contributed by atoms with Gasteiger partial charge in [0, 0.05) is 46.1 Å². The largest absolute Gasteiger partial charge is 0.335 e. The van der Waals surface area contributed by atoms with Crippen LogP contribution in [0.2, 0.25) is 0 Å². The molecule has 1 heterocycles. The minimum Gasteiger partial charge on any atom is -0.286 e. The van der Waals surface area contributed by atoms with Crippen molar-refractivity contribution < 1.29 is 4.33 Å². The first kappa shape index (κ1) is 27.5. The zero-order valence-electron chi connectivity index (χ0n) is 24.1. The van der Waals surface area contributed by atoms with Gasteiger partial charge >= 0.3 is 6.56 Å². The van der Waals surface area contributed by atoms with Gasteiger partial charge in [0.1, 0.15) is 7.05 Å². The number of rotatable bonds is 6. The van der Waals surface area contributed by atoms with Crippen LogP contribution in [0, 0.1) is 0 Å². The van der Waals surface area contributed by atoms with Gasteiger partial charge in [-0.3, -0.25) is 4.67 Å². The highest BCUT2D eigenvalue weighted by Crippen LogP contribution is 2.75. The smallest absolute Gasteiger partial charge is 0.286 e. The Balaban J connectivity index is 1.78. The zero-order chi connectivity index (χ0) is 28.0. The van der Waals surface area contributed by atoms with Crippen LogP contribution in [-0.4, -0.2) is 35.2 Å². The summed E-state index contributed by atoms with van der Waals surface area (Å²) in [7, 11) is 8.61. The highest BCUT2D eigenvalue weighted by molar-refractivity contribution is 8.99. The number of hydrogen-bond donors (Lipinski definition) is 0. The Hall–Kier alpha value is -2.69. The molecule has 1 aliphatic rings. The van der Waals surface area contributed by atoms with Gasteiger partial charge in [-0.2, -0.15) is 4.33 Å².